The maximum atomic E-state index is 12.0. The molecule has 8 heteroatoms. The highest BCUT2D eigenvalue weighted by molar-refractivity contribution is 5.91. The Labute approximate surface area is 144 Å². The standard InChI is InChI=1S/C17H18N6O2/c1-12-5-7-14(8-6-12)19-16(24)11-25-15-4-2-3-13(9-15)10-18-17-20-22-23-21-17/h2-9H,10-11H2,1H3,(H,19,24)(H2,18,20,21,22,23). The summed E-state index contributed by atoms with van der Waals surface area (Å²) in [5.74, 6) is 0.828. The van der Waals surface area contributed by atoms with Crippen molar-refractivity contribution in [3.8, 4) is 5.75 Å². The summed E-state index contributed by atoms with van der Waals surface area (Å²) < 4.78 is 5.55. The third-order valence-electron chi connectivity index (χ3n) is 3.40. The number of aromatic amines is 1. The lowest BCUT2D eigenvalue weighted by molar-refractivity contribution is -0.118. The Kier molecular flexibility index (Phi) is 5.20. The second-order valence-electron chi connectivity index (χ2n) is 5.44. The first-order chi connectivity index (χ1) is 12.2. The third-order valence-corrected chi connectivity index (χ3v) is 3.40. The van der Waals surface area contributed by atoms with Gasteiger partial charge in [0.15, 0.2) is 6.61 Å². The maximum absolute atomic E-state index is 12.0. The van der Waals surface area contributed by atoms with Crippen molar-refractivity contribution in [2.24, 2.45) is 0 Å². The summed E-state index contributed by atoms with van der Waals surface area (Å²) in [6.45, 7) is 2.46. The summed E-state index contributed by atoms with van der Waals surface area (Å²) in [7, 11) is 0. The van der Waals surface area contributed by atoms with Crippen LogP contribution in [-0.2, 0) is 11.3 Å². The average Bonchev–Trinajstić information content (AvgIpc) is 3.14. The number of aromatic nitrogens is 4. The largest absolute Gasteiger partial charge is 0.484 e. The molecule has 0 spiro atoms. The minimum atomic E-state index is -0.209. The van der Waals surface area contributed by atoms with Crippen LogP contribution in [0.15, 0.2) is 48.5 Å². The number of ether oxygens (including phenoxy) is 1. The van der Waals surface area contributed by atoms with E-state index in [1.54, 1.807) is 6.07 Å². The van der Waals surface area contributed by atoms with Crippen LogP contribution in [0, 0.1) is 6.92 Å². The molecule has 0 bridgehead atoms. The summed E-state index contributed by atoms with van der Waals surface area (Å²) in [4.78, 5) is 12.0. The molecule has 25 heavy (non-hydrogen) atoms. The first-order valence-electron chi connectivity index (χ1n) is 7.74. The Balaban J connectivity index is 1.49. The molecule has 0 fully saturated rings. The Bertz CT molecular complexity index is 817. The van der Waals surface area contributed by atoms with Crippen LogP contribution in [0.2, 0.25) is 0 Å². The molecule has 8 nitrogen and oxygen atoms in total. The van der Waals surface area contributed by atoms with Gasteiger partial charge in [0.2, 0.25) is 0 Å². The number of aryl methyl sites for hydroxylation is 1. The summed E-state index contributed by atoms with van der Waals surface area (Å²) >= 11 is 0. The van der Waals surface area contributed by atoms with Gasteiger partial charge in [-0.15, -0.1) is 5.10 Å². The van der Waals surface area contributed by atoms with Gasteiger partial charge in [-0.05, 0) is 42.0 Å². The van der Waals surface area contributed by atoms with Crippen molar-refractivity contribution < 1.29 is 9.53 Å². The van der Waals surface area contributed by atoms with E-state index < -0.39 is 0 Å². The van der Waals surface area contributed by atoms with Crippen molar-refractivity contribution in [3.05, 3.63) is 59.7 Å². The monoisotopic (exact) mass is 338 g/mol. The van der Waals surface area contributed by atoms with E-state index in [-0.39, 0.29) is 12.5 Å². The van der Waals surface area contributed by atoms with E-state index in [4.69, 9.17) is 4.74 Å². The molecule has 1 heterocycles. The van der Waals surface area contributed by atoms with Gasteiger partial charge in [-0.2, -0.15) is 5.21 Å². The number of tetrazole rings is 1. The number of nitrogens with zero attached hydrogens (tertiary/aromatic N) is 3. The smallest absolute Gasteiger partial charge is 0.263 e. The van der Waals surface area contributed by atoms with E-state index >= 15 is 0 Å². The molecular weight excluding hydrogens is 320 g/mol. The van der Waals surface area contributed by atoms with E-state index in [2.05, 4.69) is 31.3 Å². The second kappa shape index (κ2) is 7.91. The first kappa shape index (κ1) is 16.4. The molecule has 0 saturated carbocycles. The van der Waals surface area contributed by atoms with E-state index in [1.165, 1.54) is 0 Å². The SMILES string of the molecule is Cc1ccc(NC(=O)COc2cccc(CNc3nn[nH]n3)c2)cc1. The van der Waals surface area contributed by atoms with Crippen LogP contribution in [-0.4, -0.2) is 33.1 Å². The summed E-state index contributed by atoms with van der Waals surface area (Å²) in [5, 5.41) is 19.3. The highest BCUT2D eigenvalue weighted by Crippen LogP contribution is 2.14. The molecule has 1 amide bonds. The molecule has 3 rings (SSSR count). The fourth-order valence-electron chi connectivity index (χ4n) is 2.15. The predicted octanol–water partition coefficient (Wildman–Crippen LogP) is 2.14. The van der Waals surface area contributed by atoms with E-state index in [0.29, 0.717) is 18.2 Å². The summed E-state index contributed by atoms with van der Waals surface area (Å²) in [6.07, 6.45) is 0. The van der Waals surface area contributed by atoms with Crippen molar-refractivity contribution in [3.63, 3.8) is 0 Å². The van der Waals surface area contributed by atoms with E-state index in [0.717, 1.165) is 16.8 Å². The second-order valence-corrected chi connectivity index (χ2v) is 5.44. The number of nitrogens with one attached hydrogen (secondary N) is 3. The van der Waals surface area contributed by atoms with Gasteiger partial charge >= 0.3 is 0 Å². The van der Waals surface area contributed by atoms with Gasteiger partial charge < -0.3 is 15.4 Å². The molecule has 2 aromatic carbocycles. The number of anilines is 2. The van der Waals surface area contributed by atoms with Crippen molar-refractivity contribution in [2.75, 3.05) is 17.2 Å². The molecule has 0 aliphatic carbocycles. The third kappa shape index (κ3) is 5.03. The number of H-pyrrole nitrogens is 1. The van der Waals surface area contributed by atoms with Crippen LogP contribution in [0.5, 0.6) is 5.75 Å². The lowest BCUT2D eigenvalue weighted by Crippen LogP contribution is -2.20. The Hall–Kier alpha value is -3.42. The van der Waals surface area contributed by atoms with Gasteiger partial charge in [-0.25, -0.2) is 0 Å². The highest BCUT2D eigenvalue weighted by Gasteiger charge is 2.05. The van der Waals surface area contributed by atoms with Crippen LogP contribution in [0.3, 0.4) is 0 Å². The Morgan fingerprint density at radius 3 is 2.80 bits per heavy atom. The number of amides is 1. The molecular formula is C17H18N6O2. The van der Waals surface area contributed by atoms with Crippen LogP contribution in [0.1, 0.15) is 11.1 Å². The fourth-order valence-corrected chi connectivity index (χ4v) is 2.15. The first-order valence-corrected chi connectivity index (χ1v) is 7.74. The molecule has 128 valence electrons. The predicted molar refractivity (Wildman–Crippen MR) is 93.3 cm³/mol. The van der Waals surface area contributed by atoms with Crippen LogP contribution < -0.4 is 15.4 Å². The average molecular weight is 338 g/mol. The molecule has 3 aromatic rings. The van der Waals surface area contributed by atoms with Gasteiger partial charge in [-0.3, -0.25) is 4.79 Å². The molecule has 0 unspecified atom stereocenters. The zero-order valence-electron chi connectivity index (χ0n) is 13.7. The molecule has 0 radical (unpaired) electrons. The van der Waals surface area contributed by atoms with E-state index in [9.17, 15) is 4.79 Å². The van der Waals surface area contributed by atoms with Crippen LogP contribution in [0.4, 0.5) is 11.6 Å². The lowest BCUT2D eigenvalue weighted by atomic mass is 10.2. The van der Waals surface area contributed by atoms with Gasteiger partial charge in [0, 0.05) is 12.2 Å². The topological polar surface area (TPSA) is 105 Å². The molecule has 1 aromatic heterocycles. The normalized spacial score (nSPS) is 10.3. The summed E-state index contributed by atoms with van der Waals surface area (Å²) in [5.41, 5.74) is 2.86. The highest BCUT2D eigenvalue weighted by atomic mass is 16.5. The van der Waals surface area contributed by atoms with Gasteiger partial charge in [0.05, 0.1) is 0 Å². The number of benzene rings is 2. The zero-order valence-corrected chi connectivity index (χ0v) is 13.7. The molecule has 3 N–H and O–H groups in total. The number of hydrogen-bond donors (Lipinski definition) is 3. The minimum absolute atomic E-state index is 0.0599. The number of rotatable bonds is 7. The molecule has 0 atom stereocenters. The quantitative estimate of drug-likeness (QED) is 0.609. The molecule has 0 aliphatic rings. The van der Waals surface area contributed by atoms with Crippen molar-refractivity contribution in [2.45, 2.75) is 13.5 Å². The summed E-state index contributed by atoms with van der Waals surface area (Å²) in [6, 6.07) is 15.1. The van der Waals surface area contributed by atoms with Crippen LogP contribution >= 0.6 is 0 Å². The van der Waals surface area contributed by atoms with Gasteiger partial charge in [-0.1, -0.05) is 34.9 Å². The Morgan fingerprint density at radius 1 is 1.20 bits per heavy atom. The number of hydrogen-bond acceptors (Lipinski definition) is 6. The maximum Gasteiger partial charge on any atom is 0.263 e. The van der Waals surface area contributed by atoms with Crippen LogP contribution in [0.25, 0.3) is 0 Å². The minimum Gasteiger partial charge on any atom is -0.484 e. The zero-order chi connectivity index (χ0) is 17.5. The van der Waals surface area contributed by atoms with E-state index in [1.807, 2.05) is 49.4 Å². The molecule has 0 aliphatic heterocycles. The van der Waals surface area contributed by atoms with Crippen molar-refractivity contribution >= 4 is 17.5 Å². The van der Waals surface area contributed by atoms with Gasteiger partial charge in [0.25, 0.3) is 11.9 Å². The molecule has 0 saturated heterocycles. The fraction of sp³-hybridized carbons (Fsp3) is 0.176. The van der Waals surface area contributed by atoms with Crippen molar-refractivity contribution in [1.29, 1.82) is 0 Å². The number of carbonyl (C=O) groups excluding carboxylic acids is 1. The van der Waals surface area contributed by atoms with Gasteiger partial charge in [0.1, 0.15) is 5.75 Å². The van der Waals surface area contributed by atoms with Crippen molar-refractivity contribution in [1.82, 2.24) is 20.6 Å². The lowest BCUT2D eigenvalue weighted by Gasteiger charge is -2.09. The number of carbonyl (C=O) groups is 1. The Morgan fingerprint density at radius 2 is 2.04 bits per heavy atom.